The number of nitrogens with zero attached hydrogens (tertiary/aromatic N) is 1. The number of alkyl halides is 1. The minimum absolute atomic E-state index is 0.595. The minimum atomic E-state index is 0.595. The largest absolute Gasteiger partial charge is 0.247 e. The number of hydrogen-bond acceptors (Lipinski definition) is 2. The van der Waals surface area contributed by atoms with Crippen molar-refractivity contribution in [1.82, 2.24) is 4.98 Å². The zero-order chi connectivity index (χ0) is 8.97. The molecule has 1 unspecified atom stereocenters. The first-order chi connectivity index (χ1) is 5.76. The van der Waals surface area contributed by atoms with E-state index in [1.807, 2.05) is 6.92 Å². The zero-order valence-corrected chi connectivity index (χ0v) is 9.08. The molecule has 0 aliphatic carbocycles. The first-order valence-electron chi connectivity index (χ1n) is 4.23. The van der Waals surface area contributed by atoms with Crippen molar-refractivity contribution in [3.63, 3.8) is 0 Å². The lowest BCUT2D eigenvalue weighted by atomic mass is 10.1. The van der Waals surface area contributed by atoms with Gasteiger partial charge in [-0.15, -0.1) is 22.9 Å². The Balaban J connectivity index is 2.50. The molecule has 1 rings (SSSR count). The normalized spacial score (nSPS) is 13.2. The number of hydrogen-bond donors (Lipinski definition) is 0. The van der Waals surface area contributed by atoms with Crippen LogP contribution in [0.4, 0.5) is 0 Å². The summed E-state index contributed by atoms with van der Waals surface area (Å²) in [5, 5.41) is 3.32. The highest BCUT2D eigenvalue weighted by Gasteiger charge is 2.07. The summed E-state index contributed by atoms with van der Waals surface area (Å²) in [5.74, 6) is 1.34. The van der Waals surface area contributed by atoms with Gasteiger partial charge in [0.05, 0.1) is 5.01 Å². The molecule has 0 aliphatic rings. The van der Waals surface area contributed by atoms with Crippen molar-refractivity contribution in [3.8, 4) is 0 Å². The molecule has 1 heterocycles. The highest BCUT2D eigenvalue weighted by Crippen LogP contribution is 2.17. The SMILES string of the molecule is CCC(CCl)Cc1nc(C)cs1. The average Bonchev–Trinajstić information content (AvgIpc) is 2.47. The predicted molar refractivity (Wildman–Crippen MR) is 55.1 cm³/mol. The second-order valence-corrected chi connectivity index (χ2v) is 4.27. The first-order valence-corrected chi connectivity index (χ1v) is 5.64. The maximum Gasteiger partial charge on any atom is 0.0931 e. The lowest BCUT2D eigenvalue weighted by molar-refractivity contribution is 0.564. The van der Waals surface area contributed by atoms with E-state index in [-0.39, 0.29) is 0 Å². The van der Waals surface area contributed by atoms with E-state index in [0.29, 0.717) is 5.92 Å². The molecule has 0 spiro atoms. The third kappa shape index (κ3) is 2.76. The van der Waals surface area contributed by atoms with E-state index in [1.165, 1.54) is 5.01 Å². The van der Waals surface area contributed by atoms with E-state index in [2.05, 4.69) is 17.3 Å². The van der Waals surface area contributed by atoms with Crippen LogP contribution in [0, 0.1) is 12.8 Å². The van der Waals surface area contributed by atoms with Crippen LogP contribution in [-0.2, 0) is 6.42 Å². The van der Waals surface area contributed by atoms with E-state index in [0.717, 1.165) is 24.4 Å². The van der Waals surface area contributed by atoms with Gasteiger partial charge in [-0.05, 0) is 12.8 Å². The van der Waals surface area contributed by atoms with Crippen LogP contribution >= 0.6 is 22.9 Å². The Morgan fingerprint density at radius 3 is 2.83 bits per heavy atom. The molecule has 1 aromatic heterocycles. The minimum Gasteiger partial charge on any atom is -0.247 e. The number of aryl methyl sites for hydroxylation is 1. The number of rotatable bonds is 4. The summed E-state index contributed by atoms with van der Waals surface area (Å²) in [6, 6.07) is 0. The topological polar surface area (TPSA) is 12.9 Å². The lowest BCUT2D eigenvalue weighted by Gasteiger charge is -2.07. The van der Waals surface area contributed by atoms with Crippen LogP contribution in [0.5, 0.6) is 0 Å². The van der Waals surface area contributed by atoms with Crippen LogP contribution < -0.4 is 0 Å². The van der Waals surface area contributed by atoms with E-state index < -0.39 is 0 Å². The van der Waals surface area contributed by atoms with Gasteiger partial charge in [0.1, 0.15) is 0 Å². The molecule has 68 valence electrons. The maximum absolute atomic E-state index is 5.80. The molecule has 0 aromatic carbocycles. The third-order valence-corrected chi connectivity index (χ3v) is 3.35. The fourth-order valence-electron chi connectivity index (χ4n) is 1.05. The van der Waals surface area contributed by atoms with Crippen molar-refractivity contribution in [1.29, 1.82) is 0 Å². The predicted octanol–water partition coefficient (Wildman–Crippen LogP) is 3.26. The van der Waals surface area contributed by atoms with Crippen molar-refractivity contribution in [3.05, 3.63) is 16.1 Å². The summed E-state index contributed by atoms with van der Waals surface area (Å²) in [4.78, 5) is 4.41. The summed E-state index contributed by atoms with van der Waals surface area (Å²) in [6.45, 7) is 4.20. The van der Waals surface area contributed by atoms with Crippen molar-refractivity contribution in [2.45, 2.75) is 26.7 Å². The quantitative estimate of drug-likeness (QED) is 0.685. The van der Waals surface area contributed by atoms with Gasteiger partial charge in [0, 0.05) is 23.4 Å². The molecule has 0 radical (unpaired) electrons. The molecule has 0 aliphatic heterocycles. The van der Waals surface area contributed by atoms with Crippen molar-refractivity contribution in [2.75, 3.05) is 5.88 Å². The summed E-state index contributed by atoms with van der Waals surface area (Å²) >= 11 is 7.54. The Morgan fingerprint density at radius 2 is 2.42 bits per heavy atom. The second-order valence-electron chi connectivity index (χ2n) is 3.02. The molecule has 3 heteroatoms. The zero-order valence-electron chi connectivity index (χ0n) is 7.51. The summed E-state index contributed by atoms with van der Waals surface area (Å²) in [6.07, 6.45) is 2.18. The van der Waals surface area contributed by atoms with Crippen LogP contribution in [0.15, 0.2) is 5.38 Å². The van der Waals surface area contributed by atoms with E-state index >= 15 is 0 Å². The van der Waals surface area contributed by atoms with Crippen LogP contribution in [-0.4, -0.2) is 10.9 Å². The molecule has 1 aromatic rings. The fourth-order valence-corrected chi connectivity index (χ4v) is 2.27. The van der Waals surface area contributed by atoms with Crippen LogP contribution in [0.1, 0.15) is 24.0 Å². The first kappa shape index (κ1) is 10.0. The Labute approximate surface area is 82.8 Å². The molecule has 0 saturated heterocycles. The molecular formula is C9H14ClNS. The van der Waals surface area contributed by atoms with Crippen molar-refractivity contribution < 1.29 is 0 Å². The van der Waals surface area contributed by atoms with E-state index in [1.54, 1.807) is 11.3 Å². The summed E-state index contributed by atoms with van der Waals surface area (Å²) < 4.78 is 0. The number of thiazole rings is 1. The Hall–Kier alpha value is -0.0800. The van der Waals surface area contributed by atoms with Gasteiger partial charge in [0.25, 0.3) is 0 Å². The molecule has 0 N–H and O–H groups in total. The molecular weight excluding hydrogens is 190 g/mol. The number of halogens is 1. The molecule has 1 atom stereocenters. The van der Waals surface area contributed by atoms with Gasteiger partial charge in [-0.1, -0.05) is 13.3 Å². The van der Waals surface area contributed by atoms with E-state index in [9.17, 15) is 0 Å². The molecule has 12 heavy (non-hydrogen) atoms. The van der Waals surface area contributed by atoms with Gasteiger partial charge in [0.2, 0.25) is 0 Å². The van der Waals surface area contributed by atoms with Gasteiger partial charge in [-0.25, -0.2) is 4.98 Å². The molecule has 1 nitrogen and oxygen atoms in total. The highest BCUT2D eigenvalue weighted by molar-refractivity contribution is 7.09. The molecule has 0 amide bonds. The average molecular weight is 204 g/mol. The smallest absolute Gasteiger partial charge is 0.0931 e. The summed E-state index contributed by atoms with van der Waals surface area (Å²) in [5.41, 5.74) is 1.12. The van der Waals surface area contributed by atoms with Crippen LogP contribution in [0.25, 0.3) is 0 Å². The molecule has 0 saturated carbocycles. The molecule has 0 bridgehead atoms. The van der Waals surface area contributed by atoms with Crippen LogP contribution in [0.2, 0.25) is 0 Å². The maximum atomic E-state index is 5.80. The monoisotopic (exact) mass is 203 g/mol. The van der Waals surface area contributed by atoms with Crippen molar-refractivity contribution >= 4 is 22.9 Å². The summed E-state index contributed by atoms with van der Waals surface area (Å²) in [7, 11) is 0. The van der Waals surface area contributed by atoms with Gasteiger partial charge >= 0.3 is 0 Å². The Bertz CT molecular complexity index is 230. The van der Waals surface area contributed by atoms with Gasteiger partial charge in [0.15, 0.2) is 0 Å². The lowest BCUT2D eigenvalue weighted by Crippen LogP contribution is -2.04. The van der Waals surface area contributed by atoms with Crippen molar-refractivity contribution in [2.24, 2.45) is 5.92 Å². The number of aromatic nitrogens is 1. The Morgan fingerprint density at radius 1 is 1.67 bits per heavy atom. The van der Waals surface area contributed by atoms with E-state index in [4.69, 9.17) is 11.6 Å². The van der Waals surface area contributed by atoms with Gasteiger partial charge in [-0.2, -0.15) is 0 Å². The fraction of sp³-hybridized carbons (Fsp3) is 0.667. The highest BCUT2D eigenvalue weighted by atomic mass is 35.5. The standard InChI is InChI=1S/C9H14ClNS/c1-3-8(5-10)4-9-11-7(2)6-12-9/h6,8H,3-5H2,1-2H3. The third-order valence-electron chi connectivity index (χ3n) is 1.93. The van der Waals surface area contributed by atoms with Crippen LogP contribution in [0.3, 0.4) is 0 Å². The second kappa shape index (κ2) is 4.83. The van der Waals surface area contributed by atoms with Gasteiger partial charge < -0.3 is 0 Å². The van der Waals surface area contributed by atoms with Gasteiger partial charge in [-0.3, -0.25) is 0 Å². The molecule has 0 fully saturated rings. The Kier molecular flexibility index (Phi) is 4.02.